The number of fused-ring (bicyclic) bond motifs is 1. The second kappa shape index (κ2) is 10.9. The summed E-state index contributed by atoms with van der Waals surface area (Å²) < 4.78 is 14.0. The van der Waals surface area contributed by atoms with Crippen LogP contribution >= 0.6 is 11.3 Å². The van der Waals surface area contributed by atoms with E-state index in [1.165, 1.54) is 18.4 Å². The number of rotatable bonds is 10. The van der Waals surface area contributed by atoms with Crippen LogP contribution in [0, 0.1) is 6.92 Å². The summed E-state index contributed by atoms with van der Waals surface area (Å²) in [5, 5.41) is 2.93. The number of para-hydroxylation sites is 1. The Balaban J connectivity index is 2.41. The monoisotopic (exact) mass is 530 g/mol. The molecule has 3 rings (SSSR count). The zero-order chi connectivity index (χ0) is 27.7. The van der Waals surface area contributed by atoms with Gasteiger partial charge in [-0.2, -0.15) is 0 Å². The molecule has 1 aromatic carbocycles. The quantitative estimate of drug-likeness (QED) is 0.414. The van der Waals surface area contributed by atoms with Gasteiger partial charge in [0.05, 0.1) is 30.0 Å². The third-order valence-corrected chi connectivity index (χ3v) is 7.50. The lowest BCUT2D eigenvalue weighted by atomic mass is 10.0. The van der Waals surface area contributed by atoms with Crippen molar-refractivity contribution in [3.05, 3.63) is 61.1 Å². The molecule has 0 spiro atoms. The Labute approximate surface area is 219 Å². The van der Waals surface area contributed by atoms with Crippen molar-refractivity contribution in [2.75, 3.05) is 13.7 Å². The van der Waals surface area contributed by atoms with Gasteiger partial charge in [-0.05, 0) is 53.2 Å². The van der Waals surface area contributed by atoms with Gasteiger partial charge >= 0.3 is 5.69 Å². The lowest BCUT2D eigenvalue weighted by Gasteiger charge is -2.27. The summed E-state index contributed by atoms with van der Waals surface area (Å²) in [5.41, 5.74) is 3.73. The molecule has 2 aromatic heterocycles. The molecule has 200 valence electrons. The van der Waals surface area contributed by atoms with Gasteiger partial charge in [0.1, 0.15) is 22.2 Å². The zero-order valence-corrected chi connectivity index (χ0v) is 23.0. The number of aryl methyl sites for hydroxylation is 1. The summed E-state index contributed by atoms with van der Waals surface area (Å²) in [6, 6.07) is 7.31. The van der Waals surface area contributed by atoms with Crippen molar-refractivity contribution in [3.8, 4) is 5.75 Å². The van der Waals surface area contributed by atoms with E-state index in [4.69, 9.17) is 15.2 Å². The molecule has 0 aliphatic carbocycles. The number of benzene rings is 1. The summed E-state index contributed by atoms with van der Waals surface area (Å²) >= 11 is 1.06. The number of aromatic nitrogens is 2. The van der Waals surface area contributed by atoms with Crippen LogP contribution in [0.2, 0.25) is 0 Å². The average molecular weight is 531 g/mol. The van der Waals surface area contributed by atoms with Crippen LogP contribution in [0.15, 0.2) is 33.9 Å². The molecule has 3 aromatic rings. The zero-order valence-electron chi connectivity index (χ0n) is 22.2. The van der Waals surface area contributed by atoms with Crippen LogP contribution in [0.3, 0.4) is 0 Å². The van der Waals surface area contributed by atoms with Gasteiger partial charge in [-0.15, -0.1) is 11.3 Å². The third kappa shape index (κ3) is 5.19. The van der Waals surface area contributed by atoms with Crippen molar-refractivity contribution < 1.29 is 19.1 Å². The van der Waals surface area contributed by atoms with E-state index in [9.17, 15) is 19.2 Å². The number of nitrogens with two attached hydrogens (primary N) is 1. The number of hydrogen-bond acceptors (Lipinski definition) is 7. The largest absolute Gasteiger partial charge is 0.496 e. The van der Waals surface area contributed by atoms with Gasteiger partial charge in [-0.3, -0.25) is 19.0 Å². The number of thiophene rings is 1. The highest BCUT2D eigenvalue weighted by Gasteiger charge is 2.35. The van der Waals surface area contributed by atoms with Crippen LogP contribution in [0.5, 0.6) is 5.75 Å². The molecular weight excluding hydrogens is 496 g/mol. The number of ether oxygens (including phenoxy) is 2. The first-order valence-corrected chi connectivity index (χ1v) is 12.8. The number of nitrogens with one attached hydrogen (secondary N) is 1. The van der Waals surface area contributed by atoms with Crippen molar-refractivity contribution in [3.63, 3.8) is 0 Å². The Bertz CT molecular complexity index is 1450. The number of amides is 2. The molecule has 0 aliphatic heterocycles. The first kappa shape index (κ1) is 28.1. The molecule has 0 saturated heterocycles. The lowest BCUT2D eigenvalue weighted by molar-refractivity contribution is -0.125. The Morgan fingerprint density at radius 3 is 2.41 bits per heavy atom. The minimum atomic E-state index is -1.62. The van der Waals surface area contributed by atoms with Crippen molar-refractivity contribution in [2.24, 2.45) is 5.73 Å². The van der Waals surface area contributed by atoms with E-state index in [1.807, 2.05) is 32.0 Å². The van der Waals surface area contributed by atoms with Crippen LogP contribution in [0.1, 0.15) is 61.5 Å². The molecule has 11 heteroatoms. The van der Waals surface area contributed by atoms with Crippen LogP contribution in [-0.2, 0) is 21.6 Å². The first-order valence-electron chi connectivity index (χ1n) is 12.0. The molecule has 0 saturated carbocycles. The molecule has 0 aliphatic rings. The summed E-state index contributed by atoms with van der Waals surface area (Å²) in [6.45, 7) is 10.4. The Morgan fingerprint density at radius 1 is 1.19 bits per heavy atom. The molecular formula is C26H34N4O6S. The molecule has 0 bridgehead atoms. The van der Waals surface area contributed by atoms with E-state index in [0.29, 0.717) is 33.1 Å². The maximum atomic E-state index is 13.9. The minimum absolute atomic E-state index is 0.00218. The van der Waals surface area contributed by atoms with E-state index < -0.39 is 28.8 Å². The summed E-state index contributed by atoms with van der Waals surface area (Å²) in [4.78, 5) is 53.3. The smallest absolute Gasteiger partial charge is 0.333 e. The Kier molecular flexibility index (Phi) is 8.28. The van der Waals surface area contributed by atoms with Crippen LogP contribution in [0.25, 0.3) is 10.2 Å². The number of methoxy groups -OCH3 is 1. The van der Waals surface area contributed by atoms with Gasteiger partial charge in [-0.25, -0.2) is 9.36 Å². The van der Waals surface area contributed by atoms with E-state index in [-0.39, 0.29) is 23.9 Å². The van der Waals surface area contributed by atoms with Crippen LogP contribution in [0.4, 0.5) is 0 Å². The molecule has 1 atom stereocenters. The SMILES string of the molecule is CCNC(=O)c1sc2c(c1C)c(=O)n(C(C)(C)C(N)=O)c(=O)n2C[C@H](OC(C)C)c1ccccc1OC. The molecule has 2 heterocycles. The van der Waals surface area contributed by atoms with E-state index in [2.05, 4.69) is 5.32 Å². The Hall–Kier alpha value is -3.44. The normalized spacial score (nSPS) is 12.6. The Morgan fingerprint density at radius 2 is 1.84 bits per heavy atom. The fourth-order valence-electron chi connectivity index (χ4n) is 4.21. The lowest BCUT2D eigenvalue weighted by Crippen LogP contribution is -2.54. The third-order valence-electron chi connectivity index (χ3n) is 6.19. The maximum absolute atomic E-state index is 13.9. The second-order valence-electron chi connectivity index (χ2n) is 9.47. The predicted octanol–water partition coefficient (Wildman–Crippen LogP) is 2.68. The maximum Gasteiger partial charge on any atom is 0.333 e. The molecule has 3 N–H and O–H groups in total. The molecule has 10 nitrogen and oxygen atoms in total. The van der Waals surface area contributed by atoms with Crippen molar-refractivity contribution >= 4 is 33.4 Å². The van der Waals surface area contributed by atoms with Gasteiger partial charge in [-0.1, -0.05) is 18.2 Å². The topological polar surface area (TPSA) is 135 Å². The van der Waals surface area contributed by atoms with Gasteiger partial charge in [0.15, 0.2) is 0 Å². The van der Waals surface area contributed by atoms with Crippen LogP contribution in [-0.4, -0.2) is 40.7 Å². The number of carbonyl (C=O) groups excluding carboxylic acids is 2. The number of carbonyl (C=O) groups is 2. The van der Waals surface area contributed by atoms with Crippen LogP contribution < -0.4 is 27.0 Å². The van der Waals surface area contributed by atoms with Gasteiger partial charge in [0.2, 0.25) is 5.91 Å². The standard InChI is InChI=1S/C26H34N4O6S/c1-8-28-21(31)20-15(4)19-22(32)30(26(5,6)24(27)33)25(34)29(23(19)37-20)13-18(36-14(2)3)16-11-9-10-12-17(16)35-7/h9-12,14,18H,8,13H2,1-7H3,(H2,27,33)(H,28,31)/t18-/m0/s1. The second-order valence-corrected chi connectivity index (χ2v) is 10.5. The predicted molar refractivity (Wildman–Crippen MR) is 144 cm³/mol. The first-order chi connectivity index (χ1) is 17.4. The van der Waals surface area contributed by atoms with E-state index in [0.717, 1.165) is 15.9 Å². The number of hydrogen-bond donors (Lipinski definition) is 2. The van der Waals surface area contributed by atoms with Gasteiger partial charge in [0.25, 0.3) is 11.5 Å². The molecule has 0 radical (unpaired) electrons. The highest BCUT2D eigenvalue weighted by atomic mass is 32.1. The fraction of sp³-hybridized carbons (Fsp3) is 0.462. The van der Waals surface area contributed by atoms with E-state index in [1.54, 1.807) is 27.0 Å². The highest BCUT2D eigenvalue weighted by Crippen LogP contribution is 2.33. The molecule has 2 amide bonds. The minimum Gasteiger partial charge on any atom is -0.496 e. The van der Waals surface area contributed by atoms with Gasteiger partial charge in [0, 0.05) is 12.1 Å². The molecule has 37 heavy (non-hydrogen) atoms. The van der Waals surface area contributed by atoms with E-state index >= 15 is 0 Å². The number of primary amides is 1. The molecule has 0 unspecified atom stereocenters. The highest BCUT2D eigenvalue weighted by molar-refractivity contribution is 7.20. The number of nitrogens with zero attached hydrogens (tertiary/aromatic N) is 2. The van der Waals surface area contributed by atoms with Gasteiger partial charge < -0.3 is 20.5 Å². The fourth-order valence-corrected chi connectivity index (χ4v) is 5.43. The summed E-state index contributed by atoms with van der Waals surface area (Å²) in [5.74, 6) is -0.609. The van der Waals surface area contributed by atoms with Crippen molar-refractivity contribution in [1.82, 2.24) is 14.5 Å². The summed E-state index contributed by atoms with van der Waals surface area (Å²) in [7, 11) is 1.55. The molecule has 0 fully saturated rings. The average Bonchev–Trinajstić information content (AvgIpc) is 3.18. The van der Waals surface area contributed by atoms with Crippen molar-refractivity contribution in [2.45, 2.75) is 65.8 Å². The summed E-state index contributed by atoms with van der Waals surface area (Å²) in [6.07, 6.45) is -0.847. The van der Waals surface area contributed by atoms with Crippen molar-refractivity contribution in [1.29, 1.82) is 0 Å².